The Bertz CT molecular complexity index is 1450. The summed E-state index contributed by atoms with van der Waals surface area (Å²) in [5.41, 5.74) is -4.31. The van der Waals surface area contributed by atoms with E-state index >= 15 is 0 Å². The molecule has 4 rings (SSSR count). The van der Waals surface area contributed by atoms with Gasteiger partial charge < -0.3 is 19.3 Å². The molecular formula is C23H22F7N4O6P. The summed E-state index contributed by atoms with van der Waals surface area (Å²) in [6.07, 6.45) is -12.8. The summed E-state index contributed by atoms with van der Waals surface area (Å²) in [4.78, 5) is 34.3. The minimum absolute atomic E-state index is 0.00603. The van der Waals surface area contributed by atoms with Crippen LogP contribution in [0.4, 0.5) is 30.7 Å². The van der Waals surface area contributed by atoms with Crippen molar-refractivity contribution in [2.75, 3.05) is 13.2 Å². The monoisotopic (exact) mass is 614 g/mol. The van der Waals surface area contributed by atoms with Gasteiger partial charge in [-0.2, -0.15) is 26.3 Å². The number of hydrogen-bond donors (Lipinski definition) is 3. The number of halogens is 7. The van der Waals surface area contributed by atoms with Crippen LogP contribution < -0.4 is 5.69 Å². The van der Waals surface area contributed by atoms with Crippen LogP contribution in [0.2, 0.25) is 0 Å². The van der Waals surface area contributed by atoms with Crippen molar-refractivity contribution in [3.63, 3.8) is 0 Å². The van der Waals surface area contributed by atoms with E-state index < -0.39 is 66.7 Å². The molecule has 2 aromatic carbocycles. The lowest BCUT2D eigenvalue weighted by Gasteiger charge is -2.41. The van der Waals surface area contributed by atoms with E-state index in [9.17, 15) is 49.9 Å². The normalized spacial score (nSPS) is 19.9. The topological polar surface area (TPSA) is 130 Å². The van der Waals surface area contributed by atoms with Crippen LogP contribution in [0.1, 0.15) is 47.1 Å². The van der Waals surface area contributed by atoms with E-state index in [1.165, 1.54) is 19.1 Å². The summed E-state index contributed by atoms with van der Waals surface area (Å²) in [5, 5.41) is 3.61. The predicted molar refractivity (Wildman–Crippen MR) is 126 cm³/mol. The highest BCUT2D eigenvalue weighted by molar-refractivity contribution is 7.49. The number of nitrogens with one attached hydrogen (secondary N) is 1. The van der Waals surface area contributed by atoms with Crippen LogP contribution in [-0.2, 0) is 32.9 Å². The molecular weight excluding hydrogens is 592 g/mol. The van der Waals surface area contributed by atoms with Gasteiger partial charge in [-0.05, 0) is 48.4 Å². The van der Waals surface area contributed by atoms with Gasteiger partial charge in [0.25, 0.3) is 0 Å². The molecule has 10 nitrogen and oxygen atoms in total. The molecule has 1 aromatic heterocycles. The molecule has 3 atom stereocenters. The standard InChI is InChI=1S/C23H22F7N4O6P/c1-12(14-8-15(22(25,26)27)10-16(9-14)23(28,29)30)40-20-19(13-2-4-17(24)5-3-13)33(6-7-39-20)11-18-31-21(35)34(32-18)41(36,37)38/h2-5,8-10,12,19-20H,6-7,11H2,1H3,(H,31,32,35)(H2,36,37,38)/t12-,19?,20?/m1/s1. The van der Waals surface area contributed by atoms with Crippen molar-refractivity contribution in [1.82, 2.24) is 19.4 Å². The van der Waals surface area contributed by atoms with Crippen LogP contribution in [0, 0.1) is 5.82 Å². The Kier molecular flexibility index (Phi) is 8.51. The maximum Gasteiger partial charge on any atom is 0.454 e. The van der Waals surface area contributed by atoms with Crippen LogP contribution in [0.5, 0.6) is 0 Å². The number of ether oxygens (including phenoxy) is 2. The highest BCUT2D eigenvalue weighted by Gasteiger charge is 2.39. The number of benzene rings is 2. The van der Waals surface area contributed by atoms with Gasteiger partial charge in [0.2, 0.25) is 0 Å². The summed E-state index contributed by atoms with van der Waals surface area (Å²) in [6, 6.07) is 5.01. The second kappa shape index (κ2) is 11.3. The highest BCUT2D eigenvalue weighted by Crippen LogP contribution is 2.40. The van der Waals surface area contributed by atoms with Gasteiger partial charge >= 0.3 is 25.8 Å². The molecule has 3 N–H and O–H groups in total. The molecule has 0 spiro atoms. The SMILES string of the molecule is C[C@@H](OC1OCCN(Cc2nn(P(=O)(O)O)c(=O)[nH]2)C1c1ccc(F)cc1)c1cc(C(F)(F)F)cc(C(F)(F)F)c1. The summed E-state index contributed by atoms with van der Waals surface area (Å²) in [7, 11) is -5.07. The van der Waals surface area contributed by atoms with Crippen LogP contribution in [0.25, 0.3) is 0 Å². The zero-order valence-electron chi connectivity index (χ0n) is 20.9. The number of nitrogens with zero attached hydrogens (tertiary/aromatic N) is 3. The number of H-pyrrole nitrogens is 1. The van der Waals surface area contributed by atoms with Crippen molar-refractivity contribution in [1.29, 1.82) is 0 Å². The molecule has 224 valence electrons. The van der Waals surface area contributed by atoms with Crippen molar-refractivity contribution in [3.05, 3.63) is 86.8 Å². The highest BCUT2D eigenvalue weighted by atomic mass is 31.2. The van der Waals surface area contributed by atoms with Gasteiger partial charge in [0.05, 0.1) is 36.4 Å². The molecule has 0 aliphatic carbocycles. The smallest absolute Gasteiger partial charge is 0.349 e. The van der Waals surface area contributed by atoms with E-state index in [-0.39, 0.29) is 36.0 Å². The van der Waals surface area contributed by atoms with Crippen molar-refractivity contribution >= 4 is 7.75 Å². The average molecular weight is 614 g/mol. The third-order valence-corrected chi connectivity index (χ3v) is 6.95. The molecule has 1 saturated heterocycles. The van der Waals surface area contributed by atoms with Crippen LogP contribution in [0.3, 0.4) is 0 Å². The maximum atomic E-state index is 13.7. The van der Waals surface area contributed by atoms with Gasteiger partial charge in [-0.15, -0.1) is 9.55 Å². The van der Waals surface area contributed by atoms with Crippen LogP contribution in [-0.4, -0.2) is 48.7 Å². The molecule has 1 aliphatic heterocycles. The number of rotatable bonds is 7. The Morgan fingerprint density at radius 2 is 1.68 bits per heavy atom. The molecule has 0 bridgehead atoms. The van der Waals surface area contributed by atoms with Crippen molar-refractivity contribution < 1.29 is 54.6 Å². The summed E-state index contributed by atoms with van der Waals surface area (Å²) >= 11 is 0. The van der Waals surface area contributed by atoms with E-state index in [4.69, 9.17) is 9.47 Å². The fourth-order valence-electron chi connectivity index (χ4n) is 4.30. The molecule has 2 unspecified atom stereocenters. The van der Waals surface area contributed by atoms with Gasteiger partial charge in [-0.25, -0.2) is 13.8 Å². The number of hydrogen-bond acceptors (Lipinski definition) is 6. The van der Waals surface area contributed by atoms with Crippen molar-refractivity contribution in [2.24, 2.45) is 0 Å². The third-order valence-electron chi connectivity index (χ3n) is 6.19. The molecule has 2 heterocycles. The van der Waals surface area contributed by atoms with Gasteiger partial charge in [-0.3, -0.25) is 9.88 Å². The Balaban J connectivity index is 1.68. The summed E-state index contributed by atoms with van der Waals surface area (Å²) < 4.78 is 117. The van der Waals surface area contributed by atoms with E-state index in [1.807, 2.05) is 0 Å². The quantitative estimate of drug-likeness (QED) is 0.265. The zero-order valence-corrected chi connectivity index (χ0v) is 21.8. The van der Waals surface area contributed by atoms with Gasteiger partial charge in [0, 0.05) is 6.54 Å². The Morgan fingerprint density at radius 1 is 1.10 bits per heavy atom. The first kappa shape index (κ1) is 30.9. The van der Waals surface area contributed by atoms with E-state index in [2.05, 4.69) is 10.1 Å². The summed E-state index contributed by atoms with van der Waals surface area (Å²) in [5.74, 6) is -0.775. The Morgan fingerprint density at radius 3 is 2.20 bits per heavy atom. The molecule has 3 aromatic rings. The lowest BCUT2D eigenvalue weighted by Crippen LogP contribution is -2.46. The first-order chi connectivity index (χ1) is 18.9. The second-order valence-corrected chi connectivity index (χ2v) is 10.5. The van der Waals surface area contributed by atoms with Gasteiger partial charge in [-0.1, -0.05) is 12.1 Å². The lowest BCUT2D eigenvalue weighted by molar-refractivity contribution is -0.231. The van der Waals surface area contributed by atoms with E-state index in [1.54, 1.807) is 4.90 Å². The first-order valence-electron chi connectivity index (χ1n) is 11.7. The fourth-order valence-corrected chi connectivity index (χ4v) is 4.81. The summed E-state index contributed by atoms with van der Waals surface area (Å²) in [6.45, 7) is 1.04. The minimum atomic E-state index is -5.07. The number of alkyl halides is 6. The molecule has 0 amide bonds. The number of aromatic amines is 1. The number of aromatic nitrogens is 3. The zero-order chi connectivity index (χ0) is 30.3. The molecule has 1 aliphatic rings. The van der Waals surface area contributed by atoms with Gasteiger partial charge in [0.1, 0.15) is 11.6 Å². The van der Waals surface area contributed by atoms with Crippen LogP contribution >= 0.6 is 7.75 Å². The van der Waals surface area contributed by atoms with E-state index in [0.29, 0.717) is 17.7 Å². The largest absolute Gasteiger partial charge is 0.454 e. The van der Waals surface area contributed by atoms with Gasteiger partial charge in [0.15, 0.2) is 6.29 Å². The Hall–Kier alpha value is -3.08. The molecule has 41 heavy (non-hydrogen) atoms. The number of morpholine rings is 1. The fraction of sp³-hybridized carbons (Fsp3) is 0.391. The third kappa shape index (κ3) is 7.23. The second-order valence-electron chi connectivity index (χ2n) is 9.10. The molecule has 0 radical (unpaired) electrons. The van der Waals surface area contributed by atoms with Crippen LogP contribution in [0.15, 0.2) is 47.3 Å². The molecule has 0 saturated carbocycles. The van der Waals surface area contributed by atoms with E-state index in [0.717, 1.165) is 12.1 Å². The van der Waals surface area contributed by atoms with Crippen molar-refractivity contribution in [3.8, 4) is 0 Å². The minimum Gasteiger partial charge on any atom is -0.349 e. The average Bonchev–Trinajstić information content (AvgIpc) is 3.24. The lowest BCUT2D eigenvalue weighted by atomic mass is 10.0. The first-order valence-corrected chi connectivity index (χ1v) is 13.3. The molecule has 18 heteroatoms. The molecule has 1 fully saturated rings. The predicted octanol–water partition coefficient (Wildman–Crippen LogP) is 4.37. The maximum absolute atomic E-state index is 13.7. The van der Waals surface area contributed by atoms with Crippen molar-refractivity contribution in [2.45, 2.75) is 44.3 Å². The Labute approximate surface area is 226 Å².